The molecule has 24 heavy (non-hydrogen) atoms. The number of hydrogen-bond acceptors (Lipinski definition) is 3. The van der Waals surface area contributed by atoms with Crippen molar-refractivity contribution in [2.24, 2.45) is 5.92 Å². The fourth-order valence-corrected chi connectivity index (χ4v) is 3.29. The molecule has 0 aliphatic carbocycles. The van der Waals surface area contributed by atoms with Crippen molar-refractivity contribution in [3.05, 3.63) is 35.4 Å². The van der Waals surface area contributed by atoms with Crippen molar-refractivity contribution in [1.29, 1.82) is 0 Å². The SMILES string of the molecule is CC(C)Cc1ccccc1[C@@H](C)C(=O)NCCN1CCN(C)CC1. The predicted molar refractivity (Wildman–Crippen MR) is 100 cm³/mol. The van der Waals surface area contributed by atoms with Crippen LogP contribution < -0.4 is 5.32 Å². The van der Waals surface area contributed by atoms with E-state index in [2.05, 4.69) is 54.2 Å². The molecule has 1 aromatic carbocycles. The lowest BCUT2D eigenvalue weighted by molar-refractivity contribution is -0.122. The second kappa shape index (κ2) is 9.19. The maximum atomic E-state index is 12.5. The van der Waals surface area contributed by atoms with Gasteiger partial charge in [0.2, 0.25) is 5.91 Å². The predicted octanol–water partition coefficient (Wildman–Crippen LogP) is 2.35. The number of rotatable bonds is 7. The van der Waals surface area contributed by atoms with Crippen molar-refractivity contribution >= 4 is 5.91 Å². The zero-order valence-corrected chi connectivity index (χ0v) is 15.7. The third-order valence-corrected chi connectivity index (χ3v) is 4.87. The molecule has 1 N–H and O–H groups in total. The van der Waals surface area contributed by atoms with Crippen LogP contribution in [0.5, 0.6) is 0 Å². The molecule has 0 radical (unpaired) electrons. The normalized spacial score (nSPS) is 17.9. The van der Waals surface area contributed by atoms with Crippen molar-refractivity contribution in [2.75, 3.05) is 46.3 Å². The molecule has 0 aromatic heterocycles. The number of hydrogen-bond donors (Lipinski definition) is 1. The molecule has 1 heterocycles. The Morgan fingerprint density at radius 2 is 1.79 bits per heavy atom. The van der Waals surface area contributed by atoms with Gasteiger partial charge in [0.15, 0.2) is 0 Å². The van der Waals surface area contributed by atoms with Gasteiger partial charge >= 0.3 is 0 Å². The summed E-state index contributed by atoms with van der Waals surface area (Å²) in [5.74, 6) is 0.645. The summed E-state index contributed by atoms with van der Waals surface area (Å²) in [5.41, 5.74) is 2.47. The molecule has 1 aliphatic heterocycles. The van der Waals surface area contributed by atoms with Crippen molar-refractivity contribution in [3.63, 3.8) is 0 Å². The molecule has 1 saturated heterocycles. The van der Waals surface area contributed by atoms with E-state index in [4.69, 9.17) is 0 Å². The first-order chi connectivity index (χ1) is 11.5. The summed E-state index contributed by atoms with van der Waals surface area (Å²) in [6.07, 6.45) is 1.02. The molecule has 4 heteroatoms. The Bertz CT molecular complexity index is 521. The molecular weight excluding hydrogens is 298 g/mol. The second-order valence-electron chi connectivity index (χ2n) is 7.45. The van der Waals surface area contributed by atoms with E-state index in [0.717, 1.165) is 45.7 Å². The van der Waals surface area contributed by atoms with Crippen LogP contribution in [-0.2, 0) is 11.2 Å². The van der Waals surface area contributed by atoms with Crippen molar-refractivity contribution in [2.45, 2.75) is 33.1 Å². The fraction of sp³-hybridized carbons (Fsp3) is 0.650. The largest absolute Gasteiger partial charge is 0.354 e. The molecule has 1 fully saturated rings. The number of benzene rings is 1. The first-order valence-electron chi connectivity index (χ1n) is 9.23. The average molecular weight is 332 g/mol. The molecule has 0 unspecified atom stereocenters. The molecular formula is C20H33N3O. The number of nitrogens with zero attached hydrogens (tertiary/aromatic N) is 2. The standard InChI is InChI=1S/C20H33N3O/c1-16(2)15-18-7-5-6-8-19(18)17(3)20(24)21-9-10-23-13-11-22(4)12-14-23/h5-8,16-17H,9-15H2,1-4H3,(H,21,24)/t17-/m1/s1. The van der Waals surface area contributed by atoms with E-state index in [1.165, 1.54) is 11.1 Å². The van der Waals surface area contributed by atoms with Crippen LogP contribution in [0, 0.1) is 5.92 Å². The maximum absolute atomic E-state index is 12.5. The summed E-state index contributed by atoms with van der Waals surface area (Å²) in [4.78, 5) is 17.3. The number of amides is 1. The van der Waals surface area contributed by atoms with Crippen LogP contribution in [0.4, 0.5) is 0 Å². The van der Waals surface area contributed by atoms with Crippen LogP contribution in [0.3, 0.4) is 0 Å². The smallest absolute Gasteiger partial charge is 0.227 e. The Morgan fingerprint density at radius 3 is 2.46 bits per heavy atom. The van der Waals surface area contributed by atoms with Crippen LogP contribution in [0.25, 0.3) is 0 Å². The molecule has 1 aliphatic rings. The van der Waals surface area contributed by atoms with E-state index in [-0.39, 0.29) is 11.8 Å². The lowest BCUT2D eigenvalue weighted by Crippen LogP contribution is -2.47. The minimum atomic E-state index is -0.0903. The van der Waals surface area contributed by atoms with Gasteiger partial charge in [0.1, 0.15) is 0 Å². The molecule has 0 saturated carbocycles. The minimum Gasteiger partial charge on any atom is -0.354 e. The lowest BCUT2D eigenvalue weighted by atomic mass is 9.90. The van der Waals surface area contributed by atoms with E-state index in [0.29, 0.717) is 5.92 Å². The Balaban J connectivity index is 1.84. The van der Waals surface area contributed by atoms with E-state index in [1.54, 1.807) is 0 Å². The van der Waals surface area contributed by atoms with E-state index >= 15 is 0 Å². The number of carbonyl (C=O) groups is 1. The molecule has 0 spiro atoms. The van der Waals surface area contributed by atoms with Crippen LogP contribution >= 0.6 is 0 Å². The molecule has 0 bridgehead atoms. The van der Waals surface area contributed by atoms with Gasteiger partial charge in [-0.1, -0.05) is 38.1 Å². The first kappa shape index (κ1) is 18.9. The summed E-state index contributed by atoms with van der Waals surface area (Å²) in [6.45, 7) is 12.6. The summed E-state index contributed by atoms with van der Waals surface area (Å²) >= 11 is 0. The van der Waals surface area contributed by atoms with Gasteiger partial charge in [-0.3, -0.25) is 9.69 Å². The van der Waals surface area contributed by atoms with Gasteiger partial charge in [0.05, 0.1) is 5.92 Å². The monoisotopic (exact) mass is 331 g/mol. The number of nitrogens with one attached hydrogen (secondary N) is 1. The number of carbonyl (C=O) groups excluding carboxylic acids is 1. The van der Waals surface area contributed by atoms with Crippen molar-refractivity contribution < 1.29 is 4.79 Å². The molecule has 1 amide bonds. The number of likely N-dealkylation sites (N-methyl/N-ethyl adjacent to an activating group) is 1. The first-order valence-corrected chi connectivity index (χ1v) is 9.23. The molecule has 134 valence electrons. The van der Waals surface area contributed by atoms with Crippen molar-refractivity contribution in [3.8, 4) is 0 Å². The quantitative estimate of drug-likeness (QED) is 0.833. The third-order valence-electron chi connectivity index (χ3n) is 4.87. The Hall–Kier alpha value is -1.39. The van der Waals surface area contributed by atoms with Gasteiger partial charge in [-0.25, -0.2) is 0 Å². The van der Waals surface area contributed by atoms with Crippen LogP contribution in [-0.4, -0.2) is 62.0 Å². The molecule has 1 atom stereocenters. The highest BCUT2D eigenvalue weighted by atomic mass is 16.1. The maximum Gasteiger partial charge on any atom is 0.227 e. The molecule has 1 aromatic rings. The molecule has 4 nitrogen and oxygen atoms in total. The fourth-order valence-electron chi connectivity index (χ4n) is 3.29. The van der Waals surface area contributed by atoms with Gasteiger partial charge in [-0.05, 0) is 37.4 Å². The topological polar surface area (TPSA) is 35.6 Å². The highest BCUT2D eigenvalue weighted by molar-refractivity contribution is 5.83. The van der Waals surface area contributed by atoms with Crippen molar-refractivity contribution in [1.82, 2.24) is 15.1 Å². The van der Waals surface area contributed by atoms with Gasteiger partial charge in [0, 0.05) is 39.3 Å². The highest BCUT2D eigenvalue weighted by Gasteiger charge is 2.19. The van der Waals surface area contributed by atoms with Gasteiger partial charge < -0.3 is 10.2 Å². The number of piperazine rings is 1. The summed E-state index contributed by atoms with van der Waals surface area (Å²) in [5, 5.41) is 3.13. The second-order valence-corrected chi connectivity index (χ2v) is 7.45. The van der Waals surface area contributed by atoms with Gasteiger partial charge in [-0.15, -0.1) is 0 Å². The van der Waals surface area contributed by atoms with Crippen LogP contribution in [0.15, 0.2) is 24.3 Å². The molecule has 2 rings (SSSR count). The van der Waals surface area contributed by atoms with E-state index < -0.39 is 0 Å². The van der Waals surface area contributed by atoms with E-state index in [9.17, 15) is 4.79 Å². The summed E-state index contributed by atoms with van der Waals surface area (Å²) < 4.78 is 0. The van der Waals surface area contributed by atoms with E-state index in [1.807, 2.05) is 13.0 Å². The summed E-state index contributed by atoms with van der Waals surface area (Å²) in [7, 11) is 2.16. The Labute approximate surface area is 147 Å². The van der Waals surface area contributed by atoms with Gasteiger partial charge in [-0.2, -0.15) is 0 Å². The zero-order chi connectivity index (χ0) is 17.5. The van der Waals surface area contributed by atoms with Crippen LogP contribution in [0.1, 0.15) is 37.8 Å². The van der Waals surface area contributed by atoms with Crippen LogP contribution in [0.2, 0.25) is 0 Å². The summed E-state index contributed by atoms with van der Waals surface area (Å²) in [6, 6.07) is 8.36. The zero-order valence-electron chi connectivity index (χ0n) is 15.7. The Kier molecular flexibility index (Phi) is 7.25. The highest BCUT2D eigenvalue weighted by Crippen LogP contribution is 2.22. The lowest BCUT2D eigenvalue weighted by Gasteiger charge is -2.32. The minimum absolute atomic E-state index is 0.0903. The average Bonchev–Trinajstić information content (AvgIpc) is 2.56. The van der Waals surface area contributed by atoms with Gasteiger partial charge in [0.25, 0.3) is 0 Å². The third kappa shape index (κ3) is 5.60. The Morgan fingerprint density at radius 1 is 1.12 bits per heavy atom.